The van der Waals surface area contributed by atoms with Crippen LogP contribution in [-0.2, 0) is 22.9 Å². The molecule has 1 unspecified atom stereocenters. The van der Waals surface area contributed by atoms with Gasteiger partial charge in [-0.3, -0.25) is 0 Å². The number of benzene rings is 2. The van der Waals surface area contributed by atoms with E-state index in [0.29, 0.717) is 18.6 Å². The van der Waals surface area contributed by atoms with Gasteiger partial charge in [-0.05, 0) is 49.4 Å². The number of hydrogen-bond acceptors (Lipinski definition) is 4. The fourth-order valence-corrected chi connectivity index (χ4v) is 4.01. The highest BCUT2D eigenvalue weighted by atomic mass is 32.2. The molecule has 2 N–H and O–H groups in total. The number of nitrogens with one attached hydrogen (secondary N) is 1. The maximum absolute atomic E-state index is 12.7. The number of hydrogen-bond donors (Lipinski definition) is 2. The van der Waals surface area contributed by atoms with Crippen LogP contribution < -0.4 is 9.46 Å². The van der Waals surface area contributed by atoms with Gasteiger partial charge in [-0.1, -0.05) is 43.3 Å². The van der Waals surface area contributed by atoms with Gasteiger partial charge in [0.2, 0.25) is 10.0 Å². The van der Waals surface area contributed by atoms with E-state index in [0.717, 1.165) is 17.5 Å². The lowest BCUT2D eigenvalue weighted by Crippen LogP contribution is -2.41. The summed E-state index contributed by atoms with van der Waals surface area (Å²) in [5, 5.41) is 10.6. The summed E-state index contributed by atoms with van der Waals surface area (Å²) in [7, 11) is -2.35. The monoisotopic (exact) mass is 377 g/mol. The standard InChI is InChI=1S/C20H27NO4S/c1-4-16-10-11-18(25-3)19(14-16)26(23,24)21-15-20(2,22)13-12-17-8-6-5-7-9-17/h5-11,14,21-22H,4,12-13,15H2,1-3H3. The van der Waals surface area contributed by atoms with Crippen molar-refractivity contribution in [3.8, 4) is 5.75 Å². The van der Waals surface area contributed by atoms with E-state index < -0.39 is 15.6 Å². The van der Waals surface area contributed by atoms with Gasteiger partial charge >= 0.3 is 0 Å². The van der Waals surface area contributed by atoms with Crippen LogP contribution in [0, 0.1) is 0 Å². The molecule has 142 valence electrons. The second-order valence-electron chi connectivity index (χ2n) is 6.65. The summed E-state index contributed by atoms with van der Waals surface area (Å²) in [6.07, 6.45) is 1.84. The summed E-state index contributed by atoms with van der Waals surface area (Å²) < 4.78 is 33.1. The molecule has 0 saturated heterocycles. The Morgan fingerprint density at radius 1 is 1.12 bits per heavy atom. The molecule has 0 fully saturated rings. The van der Waals surface area contributed by atoms with Gasteiger partial charge in [0.25, 0.3) is 0 Å². The second-order valence-corrected chi connectivity index (χ2v) is 8.38. The van der Waals surface area contributed by atoms with Gasteiger partial charge < -0.3 is 9.84 Å². The molecule has 0 bridgehead atoms. The molecular weight excluding hydrogens is 350 g/mol. The van der Waals surface area contributed by atoms with Gasteiger partial charge in [-0.25, -0.2) is 13.1 Å². The largest absolute Gasteiger partial charge is 0.495 e. The van der Waals surface area contributed by atoms with Crippen LogP contribution in [0.5, 0.6) is 5.75 Å². The van der Waals surface area contributed by atoms with E-state index in [1.54, 1.807) is 19.1 Å². The minimum atomic E-state index is -3.79. The van der Waals surface area contributed by atoms with Crippen molar-refractivity contribution in [1.82, 2.24) is 4.72 Å². The molecule has 0 radical (unpaired) electrons. The minimum Gasteiger partial charge on any atom is -0.495 e. The van der Waals surface area contributed by atoms with Gasteiger partial charge in [0.05, 0.1) is 12.7 Å². The Morgan fingerprint density at radius 3 is 2.42 bits per heavy atom. The number of aliphatic hydroxyl groups is 1. The number of ether oxygens (including phenoxy) is 1. The molecule has 0 aliphatic heterocycles. The molecule has 0 amide bonds. The maximum atomic E-state index is 12.7. The van der Waals surface area contributed by atoms with E-state index in [1.807, 2.05) is 43.3 Å². The average molecular weight is 378 g/mol. The number of sulfonamides is 1. The van der Waals surface area contributed by atoms with E-state index in [4.69, 9.17) is 4.74 Å². The second kappa shape index (κ2) is 8.66. The van der Waals surface area contributed by atoms with Gasteiger partial charge in [-0.2, -0.15) is 0 Å². The van der Waals surface area contributed by atoms with Gasteiger partial charge in [0.15, 0.2) is 0 Å². The summed E-state index contributed by atoms with van der Waals surface area (Å²) in [5.41, 5.74) is 0.855. The van der Waals surface area contributed by atoms with E-state index in [1.165, 1.54) is 7.11 Å². The van der Waals surface area contributed by atoms with Crippen LogP contribution >= 0.6 is 0 Å². The van der Waals surface area contributed by atoms with Crippen molar-refractivity contribution >= 4 is 10.0 Å². The predicted octanol–water partition coefficient (Wildman–Crippen LogP) is 2.92. The van der Waals surface area contributed by atoms with E-state index in [2.05, 4.69) is 4.72 Å². The first-order chi connectivity index (χ1) is 12.3. The van der Waals surface area contributed by atoms with Crippen LogP contribution in [0.15, 0.2) is 53.4 Å². The molecule has 0 aliphatic rings. The van der Waals surface area contributed by atoms with Gasteiger partial charge in [-0.15, -0.1) is 0 Å². The van der Waals surface area contributed by atoms with Crippen LogP contribution in [0.4, 0.5) is 0 Å². The Bertz CT molecular complexity index is 817. The minimum absolute atomic E-state index is 0.0678. The lowest BCUT2D eigenvalue weighted by Gasteiger charge is -2.24. The highest BCUT2D eigenvalue weighted by molar-refractivity contribution is 7.89. The van der Waals surface area contributed by atoms with Crippen LogP contribution in [0.1, 0.15) is 31.4 Å². The highest BCUT2D eigenvalue weighted by Crippen LogP contribution is 2.25. The van der Waals surface area contributed by atoms with E-state index in [-0.39, 0.29) is 11.4 Å². The molecular formula is C20H27NO4S. The van der Waals surface area contributed by atoms with Crippen molar-refractivity contribution in [3.63, 3.8) is 0 Å². The molecule has 0 spiro atoms. The Labute approximate surface area is 156 Å². The number of aryl methyl sites for hydroxylation is 2. The lowest BCUT2D eigenvalue weighted by atomic mass is 9.97. The third-order valence-corrected chi connectivity index (χ3v) is 5.79. The zero-order valence-corrected chi connectivity index (χ0v) is 16.3. The molecule has 6 heteroatoms. The molecule has 0 saturated carbocycles. The first-order valence-corrected chi connectivity index (χ1v) is 10.2. The number of methoxy groups -OCH3 is 1. The Kier molecular flexibility index (Phi) is 6.81. The number of rotatable bonds is 9. The molecule has 0 aliphatic carbocycles. The van der Waals surface area contributed by atoms with Crippen LogP contribution in [0.3, 0.4) is 0 Å². The molecule has 2 rings (SSSR count). The van der Waals surface area contributed by atoms with Gasteiger partial charge in [0.1, 0.15) is 10.6 Å². The Morgan fingerprint density at radius 2 is 1.81 bits per heavy atom. The van der Waals surface area contributed by atoms with Crippen molar-refractivity contribution in [3.05, 3.63) is 59.7 Å². The first kappa shape index (κ1) is 20.4. The predicted molar refractivity (Wildman–Crippen MR) is 103 cm³/mol. The Balaban J connectivity index is 2.07. The molecule has 2 aromatic rings. The van der Waals surface area contributed by atoms with Crippen molar-refractivity contribution in [1.29, 1.82) is 0 Å². The van der Waals surface area contributed by atoms with E-state index >= 15 is 0 Å². The van der Waals surface area contributed by atoms with Crippen LogP contribution in [0.2, 0.25) is 0 Å². The zero-order valence-electron chi connectivity index (χ0n) is 15.5. The summed E-state index contributed by atoms with van der Waals surface area (Å²) >= 11 is 0. The summed E-state index contributed by atoms with van der Waals surface area (Å²) in [6, 6.07) is 14.9. The van der Waals surface area contributed by atoms with Crippen molar-refractivity contribution in [2.45, 2.75) is 43.6 Å². The molecule has 5 nitrogen and oxygen atoms in total. The molecule has 0 heterocycles. The molecule has 2 aromatic carbocycles. The van der Waals surface area contributed by atoms with Crippen LogP contribution in [-0.4, -0.2) is 32.8 Å². The fourth-order valence-electron chi connectivity index (χ4n) is 2.63. The zero-order chi connectivity index (χ0) is 19.2. The third kappa shape index (κ3) is 5.56. The lowest BCUT2D eigenvalue weighted by molar-refractivity contribution is 0.0565. The van der Waals surface area contributed by atoms with E-state index in [9.17, 15) is 13.5 Å². The SMILES string of the molecule is CCc1ccc(OC)c(S(=O)(=O)NCC(C)(O)CCc2ccccc2)c1. The topological polar surface area (TPSA) is 75.6 Å². The normalized spacial score (nSPS) is 14.0. The molecule has 0 aromatic heterocycles. The maximum Gasteiger partial charge on any atom is 0.244 e. The highest BCUT2D eigenvalue weighted by Gasteiger charge is 2.26. The van der Waals surface area contributed by atoms with Gasteiger partial charge in [0, 0.05) is 6.54 Å². The summed E-state index contributed by atoms with van der Waals surface area (Å²) in [5.74, 6) is 0.290. The van der Waals surface area contributed by atoms with Crippen molar-refractivity contribution in [2.75, 3.05) is 13.7 Å². The van der Waals surface area contributed by atoms with Crippen molar-refractivity contribution in [2.24, 2.45) is 0 Å². The Hall–Kier alpha value is -1.89. The molecule has 1 atom stereocenters. The van der Waals surface area contributed by atoms with Crippen molar-refractivity contribution < 1.29 is 18.3 Å². The molecule has 26 heavy (non-hydrogen) atoms. The summed E-state index contributed by atoms with van der Waals surface area (Å²) in [4.78, 5) is 0.0956. The quantitative estimate of drug-likeness (QED) is 0.705. The first-order valence-electron chi connectivity index (χ1n) is 8.70. The average Bonchev–Trinajstić information content (AvgIpc) is 2.65. The fraction of sp³-hybridized carbons (Fsp3) is 0.400. The summed E-state index contributed by atoms with van der Waals surface area (Å²) in [6.45, 7) is 3.53. The van der Waals surface area contributed by atoms with Crippen LogP contribution in [0.25, 0.3) is 0 Å². The smallest absolute Gasteiger partial charge is 0.244 e. The third-order valence-electron chi connectivity index (χ3n) is 4.36.